The van der Waals surface area contributed by atoms with E-state index in [1.807, 2.05) is 0 Å². The van der Waals surface area contributed by atoms with E-state index in [-0.39, 0.29) is 16.7 Å². The molecule has 2 aromatic carbocycles. The number of hydrogen-bond donors (Lipinski definition) is 2. The minimum Gasteiger partial charge on any atom is -0.493 e. The molecular formula is C24H26N4O7S. The van der Waals surface area contributed by atoms with E-state index in [2.05, 4.69) is 32.6 Å². The summed E-state index contributed by atoms with van der Waals surface area (Å²) in [5.41, 5.74) is 1.27. The second-order valence-electron chi connectivity index (χ2n) is 6.95. The molecule has 3 aromatic rings. The van der Waals surface area contributed by atoms with E-state index in [0.29, 0.717) is 45.6 Å². The van der Waals surface area contributed by atoms with Crippen molar-refractivity contribution in [1.29, 1.82) is 0 Å². The van der Waals surface area contributed by atoms with E-state index in [1.165, 1.54) is 55.1 Å². The molecule has 1 heterocycles. The Hall–Kier alpha value is -4.19. The van der Waals surface area contributed by atoms with Crippen LogP contribution in [-0.2, 0) is 0 Å². The van der Waals surface area contributed by atoms with Gasteiger partial charge in [-0.15, -0.1) is 12.6 Å². The van der Waals surface area contributed by atoms with Crippen molar-refractivity contribution >= 4 is 36.6 Å². The number of aliphatic imine (C=N–C) groups is 2. The SMILES string of the molecule is COc1cc(/C=N/c2nc(S)nc(O)c2/N=C/c2cc(OC)c(OC)c(OC)c2)cc(OC)c1OC. The van der Waals surface area contributed by atoms with Crippen LogP contribution in [0.5, 0.6) is 40.4 Å². The molecular weight excluding hydrogens is 488 g/mol. The van der Waals surface area contributed by atoms with Gasteiger partial charge in [-0.3, -0.25) is 0 Å². The largest absolute Gasteiger partial charge is 0.493 e. The van der Waals surface area contributed by atoms with Crippen molar-refractivity contribution in [1.82, 2.24) is 9.97 Å². The Balaban J connectivity index is 2.04. The standard InChI is InChI=1S/C24H26N4O7S/c1-30-15-7-13(8-16(31-2)20(15)34-5)11-25-19-22(27-24(36)28-23(19)29)26-12-14-9-17(32-3)21(35-6)18(10-14)33-4/h7-12H,1-6H3,(H2,27,28,29,36)/b25-11+,26-12+. The summed E-state index contributed by atoms with van der Waals surface area (Å²) in [5, 5.41) is 10.5. The van der Waals surface area contributed by atoms with Crippen molar-refractivity contribution in [3.05, 3.63) is 35.4 Å². The van der Waals surface area contributed by atoms with Gasteiger partial charge < -0.3 is 33.5 Å². The molecule has 11 nitrogen and oxygen atoms in total. The smallest absolute Gasteiger partial charge is 0.243 e. The zero-order chi connectivity index (χ0) is 26.2. The fourth-order valence-corrected chi connectivity index (χ4v) is 3.44. The van der Waals surface area contributed by atoms with E-state index in [1.54, 1.807) is 24.3 Å². The highest BCUT2D eigenvalue weighted by Gasteiger charge is 2.15. The molecule has 36 heavy (non-hydrogen) atoms. The molecule has 0 spiro atoms. The maximum atomic E-state index is 10.5. The van der Waals surface area contributed by atoms with Gasteiger partial charge in [-0.05, 0) is 24.3 Å². The summed E-state index contributed by atoms with van der Waals surface area (Å²) in [5.74, 6) is 2.40. The second-order valence-corrected chi connectivity index (χ2v) is 7.35. The number of ether oxygens (including phenoxy) is 6. The van der Waals surface area contributed by atoms with Gasteiger partial charge in [0.15, 0.2) is 39.7 Å². The third-order valence-electron chi connectivity index (χ3n) is 4.89. The first kappa shape index (κ1) is 26.4. The van der Waals surface area contributed by atoms with Crippen LogP contribution in [-0.4, -0.2) is 70.2 Å². The Morgan fingerprint density at radius 3 is 1.47 bits per heavy atom. The van der Waals surface area contributed by atoms with Gasteiger partial charge in [0.05, 0.1) is 42.7 Å². The summed E-state index contributed by atoms with van der Waals surface area (Å²) in [6.45, 7) is 0. The third-order valence-corrected chi connectivity index (χ3v) is 5.09. The lowest BCUT2D eigenvalue weighted by Crippen LogP contribution is -1.97. The summed E-state index contributed by atoms with van der Waals surface area (Å²) in [6, 6.07) is 6.84. The van der Waals surface area contributed by atoms with Crippen LogP contribution in [0.25, 0.3) is 0 Å². The Labute approximate surface area is 213 Å². The molecule has 1 N–H and O–H groups in total. The maximum Gasteiger partial charge on any atom is 0.243 e. The van der Waals surface area contributed by atoms with Crippen LogP contribution in [0.1, 0.15) is 11.1 Å². The first-order valence-electron chi connectivity index (χ1n) is 10.4. The van der Waals surface area contributed by atoms with Gasteiger partial charge in [0.25, 0.3) is 0 Å². The molecule has 0 unspecified atom stereocenters. The number of thiol groups is 1. The number of aromatic hydroxyl groups is 1. The molecule has 0 saturated carbocycles. The lowest BCUT2D eigenvalue weighted by molar-refractivity contribution is 0.324. The highest BCUT2D eigenvalue weighted by atomic mass is 32.1. The molecule has 190 valence electrons. The summed E-state index contributed by atoms with van der Waals surface area (Å²) in [7, 11) is 9.09. The Morgan fingerprint density at radius 2 is 1.08 bits per heavy atom. The summed E-state index contributed by atoms with van der Waals surface area (Å²) >= 11 is 4.14. The zero-order valence-electron chi connectivity index (χ0n) is 20.6. The predicted molar refractivity (Wildman–Crippen MR) is 138 cm³/mol. The lowest BCUT2D eigenvalue weighted by atomic mass is 10.2. The van der Waals surface area contributed by atoms with Crippen molar-refractivity contribution < 1.29 is 33.5 Å². The molecule has 3 rings (SSSR count). The molecule has 0 saturated heterocycles. The normalized spacial score (nSPS) is 11.1. The van der Waals surface area contributed by atoms with Gasteiger partial charge >= 0.3 is 0 Å². The van der Waals surface area contributed by atoms with Crippen LogP contribution in [0.3, 0.4) is 0 Å². The zero-order valence-corrected chi connectivity index (χ0v) is 21.5. The van der Waals surface area contributed by atoms with Crippen molar-refractivity contribution in [3.63, 3.8) is 0 Å². The van der Waals surface area contributed by atoms with Crippen molar-refractivity contribution in [2.45, 2.75) is 5.16 Å². The van der Waals surface area contributed by atoms with Gasteiger partial charge in [-0.25, -0.2) is 15.0 Å². The third kappa shape index (κ3) is 5.71. The van der Waals surface area contributed by atoms with Crippen molar-refractivity contribution in [2.75, 3.05) is 42.7 Å². The van der Waals surface area contributed by atoms with Crippen molar-refractivity contribution in [3.8, 4) is 40.4 Å². The van der Waals surface area contributed by atoms with Gasteiger partial charge in [-0.2, -0.15) is 4.98 Å². The van der Waals surface area contributed by atoms with E-state index in [0.717, 1.165) is 0 Å². The number of nitrogens with zero attached hydrogens (tertiary/aromatic N) is 4. The summed E-state index contributed by atoms with van der Waals surface area (Å²) in [6.07, 6.45) is 3.00. The molecule has 1 aromatic heterocycles. The first-order chi connectivity index (χ1) is 17.4. The van der Waals surface area contributed by atoms with E-state index < -0.39 is 5.88 Å². The van der Waals surface area contributed by atoms with E-state index in [4.69, 9.17) is 28.4 Å². The molecule has 0 amide bonds. The van der Waals surface area contributed by atoms with Crippen LogP contribution in [0, 0.1) is 0 Å². The van der Waals surface area contributed by atoms with E-state index >= 15 is 0 Å². The first-order valence-corrected chi connectivity index (χ1v) is 10.8. The Morgan fingerprint density at radius 1 is 0.667 bits per heavy atom. The quantitative estimate of drug-likeness (QED) is 0.234. The summed E-state index contributed by atoms with van der Waals surface area (Å²) in [4.78, 5) is 16.8. The molecule has 0 aliphatic heterocycles. The number of hydrogen-bond acceptors (Lipinski definition) is 12. The fraction of sp³-hybridized carbons (Fsp3) is 0.250. The van der Waals surface area contributed by atoms with Gasteiger partial charge in [0.1, 0.15) is 0 Å². The van der Waals surface area contributed by atoms with Crippen LogP contribution < -0.4 is 28.4 Å². The van der Waals surface area contributed by atoms with Gasteiger partial charge in [0.2, 0.25) is 17.4 Å². The van der Waals surface area contributed by atoms with Crippen molar-refractivity contribution in [2.24, 2.45) is 9.98 Å². The maximum absolute atomic E-state index is 10.5. The number of rotatable bonds is 10. The number of aromatic nitrogens is 2. The van der Waals surface area contributed by atoms with Crippen LogP contribution in [0.2, 0.25) is 0 Å². The van der Waals surface area contributed by atoms with Crippen LogP contribution in [0.15, 0.2) is 39.4 Å². The predicted octanol–water partition coefficient (Wildman–Crippen LogP) is 4.02. The second kappa shape index (κ2) is 12.0. The average Bonchev–Trinajstić information content (AvgIpc) is 2.89. The minimum absolute atomic E-state index is 0.0243. The van der Waals surface area contributed by atoms with Crippen LogP contribution >= 0.6 is 12.6 Å². The monoisotopic (exact) mass is 514 g/mol. The number of methoxy groups -OCH3 is 6. The topological polar surface area (TPSA) is 126 Å². The molecule has 0 aliphatic carbocycles. The average molecular weight is 515 g/mol. The Kier molecular flexibility index (Phi) is 8.79. The summed E-state index contributed by atoms with van der Waals surface area (Å²) < 4.78 is 32.2. The molecule has 12 heteroatoms. The molecule has 0 radical (unpaired) electrons. The molecule has 0 bridgehead atoms. The number of benzene rings is 2. The lowest BCUT2D eigenvalue weighted by Gasteiger charge is -2.13. The van der Waals surface area contributed by atoms with Gasteiger partial charge in [-0.1, -0.05) is 0 Å². The molecule has 0 aliphatic rings. The molecule has 0 atom stereocenters. The highest BCUT2D eigenvalue weighted by molar-refractivity contribution is 7.80. The van der Waals surface area contributed by atoms with Crippen LogP contribution in [0.4, 0.5) is 11.5 Å². The fourth-order valence-electron chi connectivity index (χ4n) is 3.25. The Bertz CT molecular complexity index is 1250. The van der Waals surface area contributed by atoms with E-state index in [9.17, 15) is 5.11 Å². The molecule has 0 fully saturated rings. The van der Waals surface area contributed by atoms with Gasteiger partial charge in [0, 0.05) is 23.6 Å². The highest BCUT2D eigenvalue weighted by Crippen LogP contribution is 2.40. The minimum atomic E-state index is -0.393.